The van der Waals surface area contributed by atoms with Crippen molar-refractivity contribution in [3.63, 3.8) is 0 Å². The highest BCUT2D eigenvalue weighted by Crippen LogP contribution is 2.38. The Balaban J connectivity index is 1.18. The molecule has 3 aliphatic heterocycles. The third-order valence-corrected chi connectivity index (χ3v) is 7.45. The van der Waals surface area contributed by atoms with Crippen LogP contribution in [0.3, 0.4) is 0 Å². The number of carbonyl (C=O) groups excluding carboxylic acids is 2. The molecule has 0 saturated carbocycles. The van der Waals surface area contributed by atoms with E-state index in [9.17, 15) is 9.59 Å². The van der Waals surface area contributed by atoms with Crippen LogP contribution in [0.15, 0.2) is 36.5 Å². The monoisotopic (exact) mass is 479 g/mol. The number of benzene rings is 1. The standard InChI is InChI=1S/C27H37N5O3/c1-29-16-12-24-26(29)27(34)28-22-8-3-4-9-23(22)32(24)25(33)10-7-15-31-18-19-35-21(20-31)11-17-30-13-5-2-6-14-30/h3-4,8-9,12,16,21H,2,5-7,10-11,13-15,17-20H2,1H3,(H,28,34). The second kappa shape index (κ2) is 10.9. The fraction of sp³-hybridized carbons (Fsp3) is 0.556. The molecule has 1 N–H and O–H groups in total. The van der Waals surface area contributed by atoms with E-state index in [-0.39, 0.29) is 17.9 Å². The number of piperidine rings is 1. The molecule has 1 unspecified atom stereocenters. The average molecular weight is 480 g/mol. The Kier molecular flexibility index (Phi) is 7.51. The van der Waals surface area contributed by atoms with Gasteiger partial charge in [0.1, 0.15) is 5.69 Å². The number of ether oxygens (including phenoxy) is 1. The van der Waals surface area contributed by atoms with Crippen LogP contribution in [-0.4, -0.2) is 78.2 Å². The van der Waals surface area contributed by atoms with E-state index in [1.807, 2.05) is 43.6 Å². The molecule has 8 heteroatoms. The maximum Gasteiger partial charge on any atom is 0.274 e. The molecule has 0 bridgehead atoms. The van der Waals surface area contributed by atoms with Gasteiger partial charge in [-0.2, -0.15) is 0 Å². The molecule has 1 aromatic carbocycles. The number of para-hydroxylation sites is 2. The van der Waals surface area contributed by atoms with Gasteiger partial charge in [-0.05, 0) is 63.5 Å². The number of hydrogen-bond acceptors (Lipinski definition) is 5. The topological polar surface area (TPSA) is 70.0 Å². The van der Waals surface area contributed by atoms with E-state index in [0.717, 1.165) is 51.3 Å². The first kappa shape index (κ1) is 24.0. The first-order chi connectivity index (χ1) is 17.1. The van der Waals surface area contributed by atoms with Gasteiger partial charge >= 0.3 is 0 Å². The fourth-order valence-electron chi connectivity index (χ4n) is 5.56. The number of amides is 2. The minimum Gasteiger partial charge on any atom is -0.376 e. The molecule has 2 aromatic rings. The lowest BCUT2D eigenvalue weighted by Gasteiger charge is -2.35. The molecule has 1 aromatic heterocycles. The van der Waals surface area contributed by atoms with E-state index in [0.29, 0.717) is 23.5 Å². The molecule has 0 aliphatic carbocycles. The molecule has 4 heterocycles. The zero-order valence-electron chi connectivity index (χ0n) is 20.7. The van der Waals surface area contributed by atoms with Crippen LogP contribution in [0, 0.1) is 0 Å². The van der Waals surface area contributed by atoms with Gasteiger partial charge in [-0.1, -0.05) is 18.6 Å². The Hall–Kier alpha value is -2.68. The van der Waals surface area contributed by atoms with Crippen LogP contribution in [0.1, 0.15) is 49.0 Å². The van der Waals surface area contributed by atoms with Crippen molar-refractivity contribution in [1.82, 2.24) is 14.4 Å². The Labute approximate surface area is 207 Å². The molecule has 1 atom stereocenters. The SMILES string of the molecule is Cn1ccc2c1C(=O)Nc1ccccc1N2C(=O)CCCN1CCOC(CCN2CCCCC2)C1. The van der Waals surface area contributed by atoms with E-state index >= 15 is 0 Å². The molecule has 188 valence electrons. The highest BCUT2D eigenvalue weighted by Gasteiger charge is 2.31. The maximum absolute atomic E-state index is 13.5. The lowest BCUT2D eigenvalue weighted by Crippen LogP contribution is -2.44. The number of aromatic nitrogens is 1. The summed E-state index contributed by atoms with van der Waals surface area (Å²) < 4.78 is 7.81. The minimum atomic E-state index is -0.195. The van der Waals surface area contributed by atoms with Crippen molar-refractivity contribution in [2.45, 2.75) is 44.6 Å². The minimum absolute atomic E-state index is 0.0105. The van der Waals surface area contributed by atoms with Gasteiger partial charge < -0.3 is 19.5 Å². The highest BCUT2D eigenvalue weighted by molar-refractivity contribution is 6.17. The molecule has 2 fully saturated rings. The maximum atomic E-state index is 13.5. The normalized spacial score (nSPS) is 21.2. The number of likely N-dealkylation sites (tertiary alicyclic amines) is 1. The number of fused-ring (bicyclic) bond motifs is 2. The van der Waals surface area contributed by atoms with Crippen molar-refractivity contribution in [2.75, 3.05) is 56.1 Å². The van der Waals surface area contributed by atoms with Crippen LogP contribution in [0.5, 0.6) is 0 Å². The van der Waals surface area contributed by atoms with Crippen LogP contribution in [0.4, 0.5) is 17.1 Å². The van der Waals surface area contributed by atoms with E-state index in [2.05, 4.69) is 15.1 Å². The van der Waals surface area contributed by atoms with E-state index in [1.54, 1.807) is 9.47 Å². The molecule has 0 radical (unpaired) electrons. The van der Waals surface area contributed by atoms with E-state index in [1.165, 1.54) is 32.4 Å². The van der Waals surface area contributed by atoms with Crippen LogP contribution in [-0.2, 0) is 16.6 Å². The van der Waals surface area contributed by atoms with Crippen LogP contribution in [0.2, 0.25) is 0 Å². The second-order valence-corrected chi connectivity index (χ2v) is 9.95. The number of nitrogens with zero attached hydrogens (tertiary/aromatic N) is 4. The van der Waals surface area contributed by atoms with Gasteiger partial charge in [0, 0.05) is 39.3 Å². The predicted octanol–water partition coefficient (Wildman–Crippen LogP) is 3.61. The first-order valence-electron chi connectivity index (χ1n) is 13.0. The lowest BCUT2D eigenvalue weighted by atomic mass is 10.1. The van der Waals surface area contributed by atoms with Gasteiger partial charge in [-0.3, -0.25) is 19.4 Å². The molecular weight excluding hydrogens is 442 g/mol. The van der Waals surface area contributed by atoms with Crippen molar-refractivity contribution in [3.8, 4) is 0 Å². The van der Waals surface area contributed by atoms with Gasteiger partial charge in [0.05, 0.1) is 29.8 Å². The summed E-state index contributed by atoms with van der Waals surface area (Å²) in [4.78, 5) is 33.1. The summed E-state index contributed by atoms with van der Waals surface area (Å²) in [7, 11) is 1.83. The molecule has 2 amide bonds. The van der Waals surface area contributed by atoms with Crippen molar-refractivity contribution in [1.29, 1.82) is 0 Å². The Bertz CT molecular complexity index is 1050. The van der Waals surface area contributed by atoms with Crippen LogP contribution in [0.25, 0.3) is 0 Å². The molecule has 2 saturated heterocycles. The predicted molar refractivity (Wildman–Crippen MR) is 137 cm³/mol. The largest absolute Gasteiger partial charge is 0.376 e. The van der Waals surface area contributed by atoms with Crippen molar-refractivity contribution in [3.05, 3.63) is 42.2 Å². The molecule has 3 aliphatic rings. The summed E-state index contributed by atoms with van der Waals surface area (Å²) in [5.74, 6) is -0.185. The van der Waals surface area contributed by atoms with Gasteiger partial charge in [-0.15, -0.1) is 0 Å². The van der Waals surface area contributed by atoms with Crippen LogP contribution >= 0.6 is 0 Å². The zero-order chi connectivity index (χ0) is 24.2. The van der Waals surface area contributed by atoms with E-state index in [4.69, 9.17) is 4.74 Å². The molecule has 35 heavy (non-hydrogen) atoms. The number of morpholine rings is 1. The highest BCUT2D eigenvalue weighted by atomic mass is 16.5. The number of rotatable bonds is 7. The number of anilines is 3. The van der Waals surface area contributed by atoms with Gasteiger partial charge in [0.15, 0.2) is 0 Å². The van der Waals surface area contributed by atoms with Gasteiger partial charge in [-0.25, -0.2) is 0 Å². The summed E-state index contributed by atoms with van der Waals surface area (Å²) in [5.41, 5.74) is 2.52. The smallest absolute Gasteiger partial charge is 0.274 e. The summed E-state index contributed by atoms with van der Waals surface area (Å²) in [6.45, 7) is 7.07. The lowest BCUT2D eigenvalue weighted by molar-refractivity contribution is -0.118. The molecule has 8 nitrogen and oxygen atoms in total. The Morgan fingerprint density at radius 3 is 2.71 bits per heavy atom. The van der Waals surface area contributed by atoms with Gasteiger partial charge in [0.25, 0.3) is 5.91 Å². The number of nitrogens with one attached hydrogen (secondary N) is 1. The van der Waals surface area contributed by atoms with Crippen molar-refractivity contribution >= 4 is 28.9 Å². The van der Waals surface area contributed by atoms with Crippen molar-refractivity contribution < 1.29 is 14.3 Å². The molecule has 0 spiro atoms. The third kappa shape index (κ3) is 5.44. The average Bonchev–Trinajstić information content (AvgIpc) is 3.19. The van der Waals surface area contributed by atoms with Crippen molar-refractivity contribution in [2.24, 2.45) is 7.05 Å². The quantitative estimate of drug-likeness (QED) is 0.657. The summed E-state index contributed by atoms with van der Waals surface area (Å²) in [6, 6.07) is 9.36. The Morgan fingerprint density at radius 1 is 1.03 bits per heavy atom. The summed E-state index contributed by atoms with van der Waals surface area (Å²) in [5, 5.41) is 2.96. The number of carbonyl (C=O) groups is 2. The third-order valence-electron chi connectivity index (χ3n) is 7.45. The molecular formula is C27H37N5O3. The second-order valence-electron chi connectivity index (χ2n) is 9.95. The Morgan fingerprint density at radius 2 is 1.86 bits per heavy atom. The number of aryl methyl sites for hydroxylation is 1. The fourth-order valence-corrected chi connectivity index (χ4v) is 5.56. The number of hydrogen-bond donors (Lipinski definition) is 1. The first-order valence-corrected chi connectivity index (χ1v) is 13.0. The zero-order valence-corrected chi connectivity index (χ0v) is 20.7. The summed E-state index contributed by atoms with van der Waals surface area (Å²) in [6.07, 6.45) is 8.40. The van der Waals surface area contributed by atoms with E-state index < -0.39 is 0 Å². The molecule has 5 rings (SSSR count). The van der Waals surface area contributed by atoms with Gasteiger partial charge in [0.2, 0.25) is 5.91 Å². The van der Waals surface area contributed by atoms with Crippen LogP contribution < -0.4 is 10.2 Å². The summed E-state index contributed by atoms with van der Waals surface area (Å²) >= 11 is 0.